The Kier molecular flexibility index (Phi) is 6.54. The standard InChI is InChI=1S/C24H25N5O4S2/c1-29-20(15-34-24(29)30)17-11-12-21(22(13-17)35(31,32)27-18-9-5-6-10-18)33-23(19-14-25-28-26-19)16-7-3-2-4-8-16/h2-4,7-8,11-15,18,23,27H,5-6,9-10H2,1H3,(H,25,26,28). The van der Waals surface area contributed by atoms with Crippen LogP contribution in [0.25, 0.3) is 11.3 Å². The predicted molar refractivity (Wildman–Crippen MR) is 133 cm³/mol. The fourth-order valence-electron chi connectivity index (χ4n) is 4.32. The van der Waals surface area contributed by atoms with Gasteiger partial charge in [0, 0.05) is 24.0 Å². The molecule has 1 fully saturated rings. The fourth-order valence-corrected chi connectivity index (χ4v) is 6.54. The van der Waals surface area contributed by atoms with Crippen LogP contribution >= 0.6 is 11.3 Å². The Balaban J connectivity index is 1.60. The molecule has 2 heterocycles. The van der Waals surface area contributed by atoms with E-state index in [9.17, 15) is 13.2 Å². The molecule has 182 valence electrons. The van der Waals surface area contributed by atoms with Gasteiger partial charge in [-0.3, -0.25) is 4.79 Å². The van der Waals surface area contributed by atoms with Crippen molar-refractivity contribution in [2.24, 2.45) is 7.05 Å². The highest BCUT2D eigenvalue weighted by Crippen LogP contribution is 2.35. The normalized spacial score (nSPS) is 15.3. The van der Waals surface area contributed by atoms with E-state index in [1.807, 2.05) is 30.3 Å². The van der Waals surface area contributed by atoms with Crippen molar-refractivity contribution in [1.82, 2.24) is 24.7 Å². The van der Waals surface area contributed by atoms with E-state index in [2.05, 4.69) is 20.1 Å². The van der Waals surface area contributed by atoms with Gasteiger partial charge in [-0.25, -0.2) is 13.1 Å². The quantitative estimate of drug-likeness (QED) is 0.373. The molecule has 35 heavy (non-hydrogen) atoms. The molecule has 11 heteroatoms. The summed E-state index contributed by atoms with van der Waals surface area (Å²) in [5, 5.41) is 12.4. The Hall–Kier alpha value is -3.28. The second-order valence-corrected chi connectivity index (χ2v) is 11.0. The van der Waals surface area contributed by atoms with Gasteiger partial charge in [0.2, 0.25) is 10.0 Å². The lowest BCUT2D eigenvalue weighted by Gasteiger charge is -2.21. The molecule has 1 saturated carbocycles. The Morgan fingerprint density at radius 1 is 1.17 bits per heavy atom. The van der Waals surface area contributed by atoms with Crippen LogP contribution in [0.15, 0.2) is 69.8 Å². The van der Waals surface area contributed by atoms with Crippen molar-refractivity contribution in [3.05, 3.63) is 81.0 Å². The second-order valence-electron chi connectivity index (χ2n) is 8.51. The Bertz CT molecular complexity index is 1460. The van der Waals surface area contributed by atoms with Crippen molar-refractivity contribution >= 4 is 21.4 Å². The zero-order valence-corrected chi connectivity index (χ0v) is 20.7. The summed E-state index contributed by atoms with van der Waals surface area (Å²) in [4.78, 5) is 11.9. The zero-order chi connectivity index (χ0) is 24.4. The number of hydrogen-bond donors (Lipinski definition) is 2. The van der Waals surface area contributed by atoms with Gasteiger partial charge < -0.3 is 9.30 Å². The van der Waals surface area contributed by atoms with Crippen LogP contribution in [0.2, 0.25) is 0 Å². The minimum absolute atomic E-state index is 0.0185. The first-order chi connectivity index (χ1) is 16.9. The summed E-state index contributed by atoms with van der Waals surface area (Å²) in [5.41, 5.74) is 2.58. The lowest BCUT2D eigenvalue weighted by Crippen LogP contribution is -2.33. The number of hydrogen-bond acceptors (Lipinski definition) is 7. The van der Waals surface area contributed by atoms with Gasteiger partial charge in [0.1, 0.15) is 16.3 Å². The minimum atomic E-state index is -3.91. The minimum Gasteiger partial charge on any atom is -0.478 e. The first kappa shape index (κ1) is 23.5. The molecule has 1 aliphatic rings. The Morgan fingerprint density at radius 3 is 2.60 bits per heavy atom. The number of aromatic amines is 1. The Morgan fingerprint density at radius 2 is 1.94 bits per heavy atom. The van der Waals surface area contributed by atoms with E-state index in [1.165, 1.54) is 4.57 Å². The van der Waals surface area contributed by atoms with Crippen molar-refractivity contribution in [3.8, 4) is 17.0 Å². The molecular weight excluding hydrogens is 486 g/mol. The molecule has 9 nitrogen and oxygen atoms in total. The summed E-state index contributed by atoms with van der Waals surface area (Å²) in [6.45, 7) is 0. The molecule has 5 rings (SSSR count). The SMILES string of the molecule is Cn1c(-c2ccc(OC(c3ccccc3)c3cn[nH]n3)c(S(=O)(=O)NC3CCCC3)c2)csc1=O. The van der Waals surface area contributed by atoms with Gasteiger partial charge >= 0.3 is 4.87 Å². The number of nitrogens with one attached hydrogen (secondary N) is 2. The van der Waals surface area contributed by atoms with Gasteiger partial charge in [0.05, 0.1) is 11.9 Å². The monoisotopic (exact) mass is 511 g/mol. The molecule has 0 aliphatic heterocycles. The molecule has 0 radical (unpaired) electrons. The van der Waals surface area contributed by atoms with Crippen LogP contribution in [-0.2, 0) is 17.1 Å². The third-order valence-corrected chi connectivity index (χ3v) is 8.52. The molecule has 1 unspecified atom stereocenters. The van der Waals surface area contributed by atoms with Gasteiger partial charge in [-0.15, -0.1) is 0 Å². The molecule has 0 bridgehead atoms. The van der Waals surface area contributed by atoms with E-state index in [-0.39, 0.29) is 21.6 Å². The summed E-state index contributed by atoms with van der Waals surface area (Å²) in [6.07, 6.45) is 4.48. The predicted octanol–water partition coefficient (Wildman–Crippen LogP) is 3.62. The number of sulfonamides is 1. The van der Waals surface area contributed by atoms with Crippen LogP contribution in [0.1, 0.15) is 43.0 Å². The van der Waals surface area contributed by atoms with Crippen LogP contribution in [0.3, 0.4) is 0 Å². The Labute approximate surface area is 206 Å². The molecule has 0 amide bonds. The van der Waals surface area contributed by atoms with Gasteiger partial charge in [-0.1, -0.05) is 54.5 Å². The number of aromatic nitrogens is 4. The molecule has 0 spiro atoms. The first-order valence-electron chi connectivity index (χ1n) is 11.3. The maximum absolute atomic E-state index is 13.6. The number of rotatable bonds is 8. The van der Waals surface area contributed by atoms with Gasteiger partial charge in [0.25, 0.3) is 0 Å². The van der Waals surface area contributed by atoms with E-state index in [0.717, 1.165) is 42.6 Å². The maximum atomic E-state index is 13.6. The van der Waals surface area contributed by atoms with E-state index in [4.69, 9.17) is 4.74 Å². The van der Waals surface area contributed by atoms with Crippen LogP contribution in [0.5, 0.6) is 5.75 Å². The molecule has 1 aliphatic carbocycles. The summed E-state index contributed by atoms with van der Waals surface area (Å²) in [5.74, 6) is 0.191. The number of H-pyrrole nitrogens is 1. The summed E-state index contributed by atoms with van der Waals surface area (Å²) in [7, 11) is -2.24. The van der Waals surface area contributed by atoms with Crippen LogP contribution in [0.4, 0.5) is 0 Å². The van der Waals surface area contributed by atoms with Gasteiger partial charge in [-0.05, 0) is 36.6 Å². The molecule has 1 atom stereocenters. The van der Waals surface area contributed by atoms with E-state index >= 15 is 0 Å². The van der Waals surface area contributed by atoms with Crippen molar-refractivity contribution in [2.75, 3.05) is 0 Å². The van der Waals surface area contributed by atoms with Gasteiger partial charge in [0.15, 0.2) is 6.10 Å². The average Bonchev–Trinajstić information content (AvgIpc) is 3.63. The zero-order valence-electron chi connectivity index (χ0n) is 19.0. The van der Waals surface area contributed by atoms with Crippen molar-refractivity contribution < 1.29 is 13.2 Å². The fraction of sp³-hybridized carbons (Fsp3) is 0.292. The van der Waals surface area contributed by atoms with Crippen LogP contribution in [-0.4, -0.2) is 34.4 Å². The van der Waals surface area contributed by atoms with E-state index in [1.54, 1.807) is 36.8 Å². The molecule has 2 N–H and O–H groups in total. The smallest absolute Gasteiger partial charge is 0.307 e. The van der Waals surface area contributed by atoms with E-state index in [0.29, 0.717) is 17.0 Å². The molecule has 2 aromatic carbocycles. The number of thiazole rings is 1. The third-order valence-electron chi connectivity index (χ3n) is 6.16. The number of ether oxygens (including phenoxy) is 1. The number of nitrogens with zero attached hydrogens (tertiary/aromatic N) is 3. The molecule has 4 aromatic rings. The van der Waals surface area contributed by atoms with Crippen LogP contribution in [0, 0.1) is 0 Å². The summed E-state index contributed by atoms with van der Waals surface area (Å²) >= 11 is 1.07. The number of benzene rings is 2. The maximum Gasteiger partial charge on any atom is 0.307 e. The molecule has 0 saturated heterocycles. The van der Waals surface area contributed by atoms with E-state index < -0.39 is 16.1 Å². The summed E-state index contributed by atoms with van der Waals surface area (Å²) in [6, 6.07) is 14.3. The molecular formula is C24H25N5O4S2. The lowest BCUT2D eigenvalue weighted by molar-refractivity contribution is 0.235. The van der Waals surface area contributed by atoms with Crippen molar-refractivity contribution in [1.29, 1.82) is 0 Å². The highest BCUT2D eigenvalue weighted by Gasteiger charge is 2.29. The molecule has 2 aromatic heterocycles. The first-order valence-corrected chi connectivity index (χ1v) is 13.7. The van der Waals surface area contributed by atoms with Crippen LogP contribution < -0.4 is 14.3 Å². The average molecular weight is 512 g/mol. The third kappa shape index (κ3) is 4.93. The highest BCUT2D eigenvalue weighted by atomic mass is 32.2. The second kappa shape index (κ2) is 9.76. The van der Waals surface area contributed by atoms with Crippen molar-refractivity contribution in [2.45, 2.75) is 42.7 Å². The summed E-state index contributed by atoms with van der Waals surface area (Å²) < 4.78 is 37.9. The highest BCUT2D eigenvalue weighted by molar-refractivity contribution is 7.89. The van der Waals surface area contributed by atoms with Gasteiger partial charge in [-0.2, -0.15) is 15.4 Å². The topological polar surface area (TPSA) is 119 Å². The van der Waals surface area contributed by atoms with Crippen molar-refractivity contribution in [3.63, 3.8) is 0 Å². The largest absolute Gasteiger partial charge is 0.478 e. The lowest BCUT2D eigenvalue weighted by atomic mass is 10.1.